The molecule has 0 saturated carbocycles. The van der Waals surface area contributed by atoms with Crippen LogP contribution >= 0.6 is 15.9 Å². The zero-order valence-electron chi connectivity index (χ0n) is 15.9. The molecule has 0 aliphatic carbocycles. The van der Waals surface area contributed by atoms with Gasteiger partial charge >= 0.3 is 0 Å². The van der Waals surface area contributed by atoms with E-state index in [2.05, 4.69) is 26.6 Å². The number of amides is 2. The van der Waals surface area contributed by atoms with Gasteiger partial charge in [-0.3, -0.25) is 9.59 Å². The van der Waals surface area contributed by atoms with Gasteiger partial charge in [0.05, 0.1) is 11.1 Å². The van der Waals surface area contributed by atoms with E-state index >= 15 is 0 Å². The summed E-state index contributed by atoms with van der Waals surface area (Å²) in [5.41, 5.74) is 2.25. The zero-order chi connectivity index (χ0) is 20.6. The molecule has 0 heterocycles. The van der Waals surface area contributed by atoms with Crippen LogP contribution in [0.4, 0.5) is 11.4 Å². The van der Waals surface area contributed by atoms with E-state index in [1.54, 1.807) is 54.6 Å². The lowest BCUT2D eigenvalue weighted by Gasteiger charge is -2.11. The predicted molar refractivity (Wildman–Crippen MR) is 119 cm³/mol. The third kappa shape index (κ3) is 5.68. The standard InChI is InChI=1S/C23H21BrN2O3/c1-2-13-29-21-12-11-17(14-20(21)24)23(28)26-19-10-6-9-18(15-19)25-22(27)16-7-4-3-5-8-16/h3-12,14-15H,2,13H2,1H3,(H,25,27)(H,26,28). The molecular weight excluding hydrogens is 432 g/mol. The van der Waals surface area contributed by atoms with Crippen molar-refractivity contribution in [2.45, 2.75) is 13.3 Å². The summed E-state index contributed by atoms with van der Waals surface area (Å²) in [7, 11) is 0. The van der Waals surface area contributed by atoms with E-state index in [1.807, 2.05) is 25.1 Å². The van der Waals surface area contributed by atoms with E-state index < -0.39 is 0 Å². The van der Waals surface area contributed by atoms with Crippen LogP contribution in [0.2, 0.25) is 0 Å². The Hall–Kier alpha value is -3.12. The SMILES string of the molecule is CCCOc1ccc(C(=O)Nc2cccc(NC(=O)c3ccccc3)c2)cc1Br. The largest absolute Gasteiger partial charge is 0.492 e. The first-order valence-corrected chi connectivity index (χ1v) is 10.1. The minimum absolute atomic E-state index is 0.208. The molecule has 3 rings (SSSR count). The summed E-state index contributed by atoms with van der Waals surface area (Å²) < 4.78 is 6.33. The van der Waals surface area contributed by atoms with Gasteiger partial charge in [0.15, 0.2) is 0 Å². The second kappa shape index (κ2) is 9.89. The molecule has 0 unspecified atom stereocenters. The molecule has 0 aromatic heterocycles. The molecule has 0 aliphatic rings. The van der Waals surface area contributed by atoms with E-state index in [0.717, 1.165) is 10.9 Å². The van der Waals surface area contributed by atoms with Crippen molar-refractivity contribution in [1.82, 2.24) is 0 Å². The molecule has 3 aromatic rings. The number of benzene rings is 3. The van der Waals surface area contributed by atoms with E-state index in [0.29, 0.717) is 34.9 Å². The van der Waals surface area contributed by atoms with Crippen molar-refractivity contribution in [1.29, 1.82) is 0 Å². The van der Waals surface area contributed by atoms with Crippen molar-refractivity contribution in [2.75, 3.05) is 17.2 Å². The summed E-state index contributed by atoms with van der Waals surface area (Å²) in [4.78, 5) is 24.9. The molecule has 0 fully saturated rings. The molecule has 5 nitrogen and oxygen atoms in total. The quantitative estimate of drug-likeness (QED) is 0.479. The first kappa shape index (κ1) is 20.6. The molecule has 0 spiro atoms. The highest BCUT2D eigenvalue weighted by atomic mass is 79.9. The molecule has 29 heavy (non-hydrogen) atoms. The Balaban J connectivity index is 1.67. The highest BCUT2D eigenvalue weighted by Gasteiger charge is 2.11. The molecule has 0 atom stereocenters. The highest BCUT2D eigenvalue weighted by molar-refractivity contribution is 9.10. The third-order valence-electron chi connectivity index (χ3n) is 4.07. The fraction of sp³-hybridized carbons (Fsp3) is 0.130. The Morgan fingerprint density at radius 3 is 2.10 bits per heavy atom. The lowest BCUT2D eigenvalue weighted by atomic mass is 10.2. The van der Waals surface area contributed by atoms with Crippen LogP contribution in [-0.2, 0) is 0 Å². The first-order valence-electron chi connectivity index (χ1n) is 9.27. The smallest absolute Gasteiger partial charge is 0.255 e. The Morgan fingerprint density at radius 2 is 1.48 bits per heavy atom. The Kier molecular flexibility index (Phi) is 7.03. The number of halogens is 1. The Bertz CT molecular complexity index is 1010. The predicted octanol–water partition coefficient (Wildman–Crippen LogP) is 5.74. The summed E-state index contributed by atoms with van der Waals surface area (Å²) in [6, 6.07) is 21.2. The third-order valence-corrected chi connectivity index (χ3v) is 4.69. The van der Waals surface area contributed by atoms with E-state index in [-0.39, 0.29) is 11.8 Å². The van der Waals surface area contributed by atoms with Gasteiger partial charge in [-0.15, -0.1) is 0 Å². The van der Waals surface area contributed by atoms with Crippen molar-refractivity contribution >= 4 is 39.1 Å². The number of hydrogen-bond donors (Lipinski definition) is 2. The number of anilines is 2. The van der Waals surface area contributed by atoms with Crippen molar-refractivity contribution in [3.05, 3.63) is 88.4 Å². The van der Waals surface area contributed by atoms with Crippen LogP contribution in [0.25, 0.3) is 0 Å². The maximum Gasteiger partial charge on any atom is 0.255 e. The lowest BCUT2D eigenvalue weighted by Crippen LogP contribution is -2.14. The summed E-state index contributed by atoms with van der Waals surface area (Å²) >= 11 is 3.44. The fourth-order valence-corrected chi connectivity index (χ4v) is 3.14. The van der Waals surface area contributed by atoms with Gasteiger partial charge in [0, 0.05) is 22.5 Å². The Labute approximate surface area is 178 Å². The number of hydrogen-bond acceptors (Lipinski definition) is 3. The molecule has 0 bridgehead atoms. The van der Waals surface area contributed by atoms with Gasteiger partial charge in [0.1, 0.15) is 5.75 Å². The van der Waals surface area contributed by atoms with Crippen molar-refractivity contribution in [2.24, 2.45) is 0 Å². The molecule has 2 amide bonds. The number of carbonyl (C=O) groups is 2. The van der Waals surface area contributed by atoms with Crippen LogP contribution in [0, 0.1) is 0 Å². The number of nitrogens with one attached hydrogen (secondary N) is 2. The summed E-state index contributed by atoms with van der Waals surface area (Å²) in [6.07, 6.45) is 0.909. The molecule has 0 aliphatic heterocycles. The average molecular weight is 453 g/mol. The van der Waals surface area contributed by atoms with Gasteiger partial charge in [-0.25, -0.2) is 0 Å². The molecule has 3 aromatic carbocycles. The second-order valence-electron chi connectivity index (χ2n) is 6.35. The van der Waals surface area contributed by atoms with E-state index in [9.17, 15) is 9.59 Å². The van der Waals surface area contributed by atoms with Crippen LogP contribution in [0.15, 0.2) is 77.3 Å². The molecule has 6 heteroatoms. The topological polar surface area (TPSA) is 67.4 Å². The minimum Gasteiger partial charge on any atom is -0.492 e. The summed E-state index contributed by atoms with van der Waals surface area (Å²) in [6.45, 7) is 2.65. The van der Waals surface area contributed by atoms with Gasteiger partial charge in [-0.1, -0.05) is 31.2 Å². The molecule has 0 radical (unpaired) electrons. The maximum atomic E-state index is 12.6. The molecule has 148 valence electrons. The fourth-order valence-electron chi connectivity index (χ4n) is 2.64. The minimum atomic E-state index is -0.251. The van der Waals surface area contributed by atoms with Crippen molar-refractivity contribution < 1.29 is 14.3 Å². The highest BCUT2D eigenvalue weighted by Crippen LogP contribution is 2.27. The molecular formula is C23H21BrN2O3. The van der Waals surface area contributed by atoms with E-state index in [4.69, 9.17) is 4.74 Å². The normalized spacial score (nSPS) is 10.3. The van der Waals surface area contributed by atoms with Gasteiger partial charge in [-0.2, -0.15) is 0 Å². The van der Waals surface area contributed by atoms with Crippen LogP contribution in [0.1, 0.15) is 34.1 Å². The van der Waals surface area contributed by atoms with Crippen LogP contribution < -0.4 is 15.4 Å². The van der Waals surface area contributed by atoms with Gasteiger partial charge in [-0.05, 0) is 70.9 Å². The van der Waals surface area contributed by atoms with Gasteiger partial charge < -0.3 is 15.4 Å². The van der Waals surface area contributed by atoms with Crippen molar-refractivity contribution in [3.63, 3.8) is 0 Å². The summed E-state index contributed by atoms with van der Waals surface area (Å²) in [5, 5.41) is 5.68. The van der Waals surface area contributed by atoms with Gasteiger partial charge in [0.2, 0.25) is 0 Å². The Morgan fingerprint density at radius 1 is 0.828 bits per heavy atom. The monoisotopic (exact) mass is 452 g/mol. The van der Waals surface area contributed by atoms with Crippen LogP contribution in [0.5, 0.6) is 5.75 Å². The van der Waals surface area contributed by atoms with Crippen molar-refractivity contribution in [3.8, 4) is 5.75 Å². The molecule has 2 N–H and O–H groups in total. The molecule has 0 saturated heterocycles. The average Bonchev–Trinajstić information content (AvgIpc) is 2.73. The lowest BCUT2D eigenvalue weighted by molar-refractivity contribution is 0.101. The van der Waals surface area contributed by atoms with E-state index in [1.165, 1.54) is 0 Å². The van der Waals surface area contributed by atoms with Crippen LogP contribution in [-0.4, -0.2) is 18.4 Å². The maximum absolute atomic E-state index is 12.6. The first-order chi connectivity index (χ1) is 14.1. The number of carbonyl (C=O) groups excluding carboxylic acids is 2. The second-order valence-corrected chi connectivity index (χ2v) is 7.20. The number of rotatable bonds is 7. The zero-order valence-corrected chi connectivity index (χ0v) is 17.5. The number of ether oxygens (including phenoxy) is 1. The van der Waals surface area contributed by atoms with Gasteiger partial charge in [0.25, 0.3) is 11.8 Å². The van der Waals surface area contributed by atoms with Crippen LogP contribution in [0.3, 0.4) is 0 Å². The summed E-state index contributed by atoms with van der Waals surface area (Å²) in [5.74, 6) is 0.244.